The summed E-state index contributed by atoms with van der Waals surface area (Å²) in [5, 5.41) is 0.0387. The Morgan fingerprint density at radius 3 is 1.94 bits per heavy atom. The standard InChI is InChI=1S/C27H38O4Si/c1-26(2,3)30-25(28)29-24(22-17-13-10-14-18-22)20-23(19-21-15-11-9-12-16-21)31-32(7,8)27(4,5)6/h9-19,24H,20H2,1-8H3/b23-19-/t24-/m0/s1. The molecule has 0 bridgehead atoms. The zero-order chi connectivity index (χ0) is 24.0. The number of hydrogen-bond donors (Lipinski definition) is 0. The van der Waals surface area contributed by atoms with Crippen LogP contribution < -0.4 is 0 Å². The molecule has 4 nitrogen and oxygen atoms in total. The average Bonchev–Trinajstić information content (AvgIpc) is 2.66. The maximum Gasteiger partial charge on any atom is 0.509 e. The topological polar surface area (TPSA) is 44.8 Å². The molecule has 2 aromatic rings. The lowest BCUT2D eigenvalue weighted by molar-refractivity contribution is -0.0286. The summed E-state index contributed by atoms with van der Waals surface area (Å²) in [6.45, 7) is 16.6. The lowest BCUT2D eigenvalue weighted by Crippen LogP contribution is -2.40. The molecular weight excluding hydrogens is 416 g/mol. The Morgan fingerprint density at radius 1 is 0.906 bits per heavy atom. The van der Waals surface area contributed by atoms with E-state index in [4.69, 9.17) is 13.9 Å². The third-order valence-corrected chi connectivity index (χ3v) is 9.89. The largest absolute Gasteiger partial charge is 0.546 e. The summed E-state index contributed by atoms with van der Waals surface area (Å²) in [4.78, 5) is 12.5. The van der Waals surface area contributed by atoms with Crippen LogP contribution in [-0.4, -0.2) is 20.1 Å². The van der Waals surface area contributed by atoms with Crippen molar-refractivity contribution in [1.82, 2.24) is 0 Å². The minimum absolute atomic E-state index is 0.0387. The van der Waals surface area contributed by atoms with E-state index in [1.807, 2.05) is 81.4 Å². The monoisotopic (exact) mass is 454 g/mol. The van der Waals surface area contributed by atoms with Crippen LogP contribution in [0.25, 0.3) is 6.08 Å². The number of carbonyl (C=O) groups excluding carboxylic acids is 1. The molecule has 0 aliphatic carbocycles. The van der Waals surface area contributed by atoms with Gasteiger partial charge in [-0.1, -0.05) is 81.4 Å². The van der Waals surface area contributed by atoms with Crippen LogP contribution in [0.3, 0.4) is 0 Å². The third-order valence-electron chi connectivity index (χ3n) is 5.51. The molecule has 0 aliphatic rings. The van der Waals surface area contributed by atoms with Gasteiger partial charge in [0.05, 0.1) is 5.76 Å². The van der Waals surface area contributed by atoms with Crippen molar-refractivity contribution in [2.75, 3.05) is 0 Å². The van der Waals surface area contributed by atoms with Gasteiger partial charge in [-0.15, -0.1) is 0 Å². The molecule has 0 amide bonds. The van der Waals surface area contributed by atoms with Crippen LogP contribution in [0.4, 0.5) is 4.79 Å². The summed E-state index contributed by atoms with van der Waals surface area (Å²) >= 11 is 0. The third kappa shape index (κ3) is 8.19. The fraction of sp³-hybridized carbons (Fsp3) is 0.444. The fourth-order valence-corrected chi connectivity index (χ4v) is 3.92. The van der Waals surface area contributed by atoms with Crippen molar-refractivity contribution in [3.05, 3.63) is 77.5 Å². The number of carbonyl (C=O) groups is 1. The van der Waals surface area contributed by atoms with Crippen LogP contribution in [0.1, 0.15) is 65.2 Å². The molecule has 0 aromatic heterocycles. The smallest absolute Gasteiger partial charge is 0.509 e. The van der Waals surface area contributed by atoms with Crippen LogP contribution in [0.5, 0.6) is 0 Å². The number of ether oxygens (including phenoxy) is 2. The summed E-state index contributed by atoms with van der Waals surface area (Å²) < 4.78 is 18.0. The highest BCUT2D eigenvalue weighted by Gasteiger charge is 2.40. The normalized spacial score (nSPS) is 13.9. The Kier molecular flexibility index (Phi) is 8.35. The van der Waals surface area contributed by atoms with Crippen molar-refractivity contribution in [2.45, 2.75) is 77.8 Å². The molecule has 0 aliphatic heterocycles. The van der Waals surface area contributed by atoms with Gasteiger partial charge in [0.25, 0.3) is 0 Å². The highest BCUT2D eigenvalue weighted by atomic mass is 28.4. The van der Waals surface area contributed by atoms with E-state index in [2.05, 4.69) is 39.9 Å². The van der Waals surface area contributed by atoms with Gasteiger partial charge in [0.2, 0.25) is 8.32 Å². The highest BCUT2D eigenvalue weighted by molar-refractivity contribution is 6.74. The summed E-state index contributed by atoms with van der Waals surface area (Å²) in [7, 11) is -2.11. The van der Waals surface area contributed by atoms with Gasteiger partial charge in [-0.2, -0.15) is 0 Å². The van der Waals surface area contributed by atoms with Crippen LogP contribution in [0.2, 0.25) is 18.1 Å². The minimum Gasteiger partial charge on any atom is -0.546 e. The zero-order valence-electron chi connectivity index (χ0n) is 20.8. The molecular formula is C27H38O4Si. The number of benzene rings is 2. The molecule has 0 N–H and O–H groups in total. The quantitative estimate of drug-likeness (QED) is 0.241. The van der Waals surface area contributed by atoms with E-state index in [9.17, 15) is 4.79 Å². The summed E-state index contributed by atoms with van der Waals surface area (Å²) in [5.74, 6) is 0.806. The number of rotatable bonds is 7. The zero-order valence-corrected chi connectivity index (χ0v) is 21.8. The minimum atomic E-state index is -2.11. The maximum absolute atomic E-state index is 12.5. The fourth-order valence-electron chi connectivity index (χ4n) is 2.81. The van der Waals surface area contributed by atoms with Gasteiger partial charge in [-0.3, -0.25) is 0 Å². The van der Waals surface area contributed by atoms with Gasteiger partial charge in [0, 0.05) is 6.42 Å². The molecule has 2 rings (SSSR count). The van der Waals surface area contributed by atoms with Crippen molar-refractivity contribution in [3.63, 3.8) is 0 Å². The molecule has 0 fully saturated rings. The van der Waals surface area contributed by atoms with E-state index in [1.54, 1.807) is 0 Å². The van der Waals surface area contributed by atoms with Gasteiger partial charge >= 0.3 is 6.16 Å². The lowest BCUT2D eigenvalue weighted by atomic mass is 10.0. The van der Waals surface area contributed by atoms with Crippen molar-refractivity contribution in [2.24, 2.45) is 0 Å². The Labute approximate surface area is 194 Å². The molecule has 0 saturated carbocycles. The molecule has 0 saturated heterocycles. The van der Waals surface area contributed by atoms with Gasteiger partial charge in [0.15, 0.2) is 0 Å². The van der Waals surface area contributed by atoms with Crippen LogP contribution >= 0.6 is 0 Å². The van der Waals surface area contributed by atoms with E-state index < -0.39 is 26.2 Å². The first-order chi connectivity index (χ1) is 14.8. The van der Waals surface area contributed by atoms with Crippen LogP contribution in [-0.2, 0) is 13.9 Å². The Morgan fingerprint density at radius 2 is 1.44 bits per heavy atom. The molecule has 5 heteroatoms. The Bertz CT molecular complexity index is 891. The van der Waals surface area contributed by atoms with Gasteiger partial charge in [0.1, 0.15) is 11.7 Å². The molecule has 0 unspecified atom stereocenters. The molecule has 0 spiro atoms. The first-order valence-electron chi connectivity index (χ1n) is 11.2. The molecule has 1 atom stereocenters. The second kappa shape index (κ2) is 10.4. The maximum atomic E-state index is 12.5. The second-order valence-electron chi connectivity index (χ2n) is 10.6. The Hall–Kier alpha value is -2.53. The lowest BCUT2D eigenvalue weighted by Gasteiger charge is -2.38. The predicted molar refractivity (Wildman–Crippen MR) is 134 cm³/mol. The molecule has 0 radical (unpaired) electrons. The first kappa shape index (κ1) is 25.7. The van der Waals surface area contributed by atoms with Crippen LogP contribution in [0.15, 0.2) is 66.4 Å². The summed E-state index contributed by atoms with van der Waals surface area (Å²) in [6.07, 6.45) is 1.27. The van der Waals surface area contributed by atoms with Crippen LogP contribution in [0, 0.1) is 0 Å². The highest BCUT2D eigenvalue weighted by Crippen LogP contribution is 2.40. The second-order valence-corrected chi connectivity index (χ2v) is 15.3. The van der Waals surface area contributed by atoms with E-state index in [-0.39, 0.29) is 5.04 Å². The van der Waals surface area contributed by atoms with E-state index in [1.165, 1.54) is 0 Å². The molecule has 2 aromatic carbocycles. The van der Waals surface area contributed by atoms with Gasteiger partial charge in [-0.25, -0.2) is 4.79 Å². The number of hydrogen-bond acceptors (Lipinski definition) is 4. The average molecular weight is 455 g/mol. The summed E-state index contributed by atoms with van der Waals surface area (Å²) in [5.41, 5.74) is 1.32. The van der Waals surface area contributed by atoms with Crippen molar-refractivity contribution >= 4 is 20.5 Å². The Balaban J connectivity index is 2.40. The van der Waals surface area contributed by atoms with Gasteiger partial charge < -0.3 is 13.9 Å². The van der Waals surface area contributed by atoms with E-state index in [0.29, 0.717) is 6.42 Å². The van der Waals surface area contributed by atoms with Gasteiger partial charge in [-0.05, 0) is 56.1 Å². The predicted octanol–water partition coefficient (Wildman–Crippen LogP) is 8.13. The van der Waals surface area contributed by atoms with E-state index >= 15 is 0 Å². The summed E-state index contributed by atoms with van der Waals surface area (Å²) in [6, 6.07) is 19.8. The van der Waals surface area contributed by atoms with Crippen molar-refractivity contribution in [3.8, 4) is 0 Å². The SMILES string of the molecule is CC(C)(C)OC(=O)O[C@@H](C/C(=C/c1ccccc1)O[Si](C)(C)C(C)(C)C)c1ccccc1. The molecule has 32 heavy (non-hydrogen) atoms. The molecule has 174 valence electrons. The van der Waals surface area contributed by atoms with Crippen molar-refractivity contribution < 1.29 is 18.7 Å². The van der Waals surface area contributed by atoms with Crippen molar-refractivity contribution in [1.29, 1.82) is 0 Å². The molecule has 0 heterocycles. The first-order valence-corrected chi connectivity index (χ1v) is 14.1. The van der Waals surface area contributed by atoms with E-state index in [0.717, 1.165) is 16.9 Å².